The van der Waals surface area contributed by atoms with Crippen molar-refractivity contribution >= 4 is 33.3 Å². The molecule has 0 atom stereocenters. The minimum absolute atomic E-state index is 0.239. The number of carbonyl (C=O) groups excluding carboxylic acids is 2. The molecular formula is C20H22N2O5S. The van der Waals surface area contributed by atoms with Crippen LogP contribution in [0.25, 0.3) is 0 Å². The van der Waals surface area contributed by atoms with Crippen LogP contribution in [0.15, 0.2) is 42.5 Å². The Morgan fingerprint density at radius 1 is 1.18 bits per heavy atom. The lowest BCUT2D eigenvalue weighted by atomic mass is 10.0. The number of nitrogens with one attached hydrogen (secondary N) is 1. The van der Waals surface area contributed by atoms with E-state index in [1.165, 1.54) is 10.6 Å². The van der Waals surface area contributed by atoms with Crippen molar-refractivity contribution in [1.82, 2.24) is 0 Å². The van der Waals surface area contributed by atoms with Crippen LogP contribution in [0.3, 0.4) is 0 Å². The summed E-state index contributed by atoms with van der Waals surface area (Å²) in [5, 5.41) is 2.74. The maximum atomic E-state index is 12.7. The molecule has 2 aromatic rings. The Balaban J connectivity index is 1.86. The van der Waals surface area contributed by atoms with Crippen LogP contribution in [0.5, 0.6) is 0 Å². The Bertz CT molecular complexity index is 1020. The summed E-state index contributed by atoms with van der Waals surface area (Å²) in [4.78, 5) is 24.8. The number of hydrogen-bond acceptors (Lipinski definition) is 5. The van der Waals surface area contributed by atoms with Crippen LogP contribution in [0, 0.1) is 0 Å². The number of sulfonamides is 1. The molecule has 1 heterocycles. The van der Waals surface area contributed by atoms with Gasteiger partial charge < -0.3 is 10.1 Å². The van der Waals surface area contributed by atoms with E-state index in [1.807, 2.05) is 0 Å². The van der Waals surface area contributed by atoms with Crippen LogP contribution in [0.2, 0.25) is 0 Å². The van der Waals surface area contributed by atoms with E-state index in [9.17, 15) is 18.0 Å². The molecule has 1 aliphatic rings. The van der Waals surface area contributed by atoms with Crippen molar-refractivity contribution in [1.29, 1.82) is 0 Å². The first-order valence-electron chi connectivity index (χ1n) is 8.99. The first kappa shape index (κ1) is 19.9. The fraction of sp³-hybridized carbons (Fsp3) is 0.300. The van der Waals surface area contributed by atoms with Crippen LogP contribution >= 0.6 is 0 Å². The number of anilines is 2. The second kappa shape index (κ2) is 8.02. The Hall–Kier alpha value is -2.87. The highest BCUT2D eigenvalue weighted by atomic mass is 32.2. The second-order valence-corrected chi connectivity index (χ2v) is 8.41. The molecule has 0 saturated heterocycles. The van der Waals surface area contributed by atoms with Crippen LogP contribution in [-0.2, 0) is 21.2 Å². The van der Waals surface area contributed by atoms with Gasteiger partial charge in [-0.25, -0.2) is 13.2 Å². The summed E-state index contributed by atoms with van der Waals surface area (Å²) in [6.45, 7) is 2.39. The third-order valence-corrected chi connectivity index (χ3v) is 5.67. The number of fused-ring (bicyclic) bond motifs is 1. The Kier molecular flexibility index (Phi) is 5.69. The Morgan fingerprint density at radius 3 is 2.64 bits per heavy atom. The van der Waals surface area contributed by atoms with Gasteiger partial charge in [0.2, 0.25) is 10.0 Å². The van der Waals surface area contributed by atoms with Crippen molar-refractivity contribution in [3.63, 3.8) is 0 Å². The molecule has 7 nitrogen and oxygen atoms in total. The predicted octanol–water partition coefficient (Wildman–Crippen LogP) is 2.83. The summed E-state index contributed by atoms with van der Waals surface area (Å²) in [5.41, 5.74) is 2.45. The SMILES string of the molecule is CCOC(=O)c1ccccc1NC(=O)c1ccc2c(c1)CCCN2S(C)(=O)=O. The highest BCUT2D eigenvalue weighted by Gasteiger charge is 2.25. The molecule has 0 unspecified atom stereocenters. The Morgan fingerprint density at radius 2 is 1.93 bits per heavy atom. The van der Waals surface area contributed by atoms with Crippen molar-refractivity contribution in [3.8, 4) is 0 Å². The standard InChI is InChI=1S/C20H22N2O5S/c1-3-27-20(24)16-8-4-5-9-17(16)21-19(23)15-10-11-18-14(13-15)7-6-12-22(18)28(2,25)26/h4-5,8-11,13H,3,6-7,12H2,1-2H3,(H,21,23). The van der Waals surface area contributed by atoms with Crippen LogP contribution in [0.4, 0.5) is 11.4 Å². The first-order valence-corrected chi connectivity index (χ1v) is 10.8. The van der Waals surface area contributed by atoms with Gasteiger partial charge in [0.1, 0.15) is 0 Å². The molecule has 3 rings (SSSR count). The number of amides is 1. The van der Waals surface area contributed by atoms with Gasteiger partial charge in [0.15, 0.2) is 0 Å². The molecule has 0 aliphatic carbocycles. The minimum atomic E-state index is -3.36. The largest absolute Gasteiger partial charge is 0.462 e. The van der Waals surface area contributed by atoms with Crippen molar-refractivity contribution in [2.45, 2.75) is 19.8 Å². The highest BCUT2D eigenvalue weighted by Crippen LogP contribution is 2.30. The van der Waals surface area contributed by atoms with E-state index < -0.39 is 16.0 Å². The molecule has 0 spiro atoms. The number of ether oxygens (including phenoxy) is 1. The first-order chi connectivity index (χ1) is 13.3. The second-order valence-electron chi connectivity index (χ2n) is 6.50. The molecule has 2 aromatic carbocycles. The molecule has 0 aromatic heterocycles. The number of benzene rings is 2. The molecule has 0 bridgehead atoms. The predicted molar refractivity (Wildman–Crippen MR) is 107 cm³/mol. The van der Waals surface area contributed by atoms with E-state index >= 15 is 0 Å². The number of aryl methyl sites for hydroxylation is 1. The third-order valence-electron chi connectivity index (χ3n) is 4.49. The number of para-hydroxylation sites is 1. The van der Waals surface area contributed by atoms with E-state index in [2.05, 4.69) is 5.32 Å². The lowest BCUT2D eigenvalue weighted by Crippen LogP contribution is -2.34. The summed E-state index contributed by atoms with van der Waals surface area (Å²) in [5.74, 6) is -0.885. The van der Waals surface area contributed by atoms with Gasteiger partial charge in [-0.15, -0.1) is 0 Å². The van der Waals surface area contributed by atoms with E-state index in [1.54, 1.807) is 49.4 Å². The minimum Gasteiger partial charge on any atom is -0.462 e. The molecule has 1 N–H and O–H groups in total. The molecule has 1 amide bonds. The monoisotopic (exact) mass is 402 g/mol. The van der Waals surface area contributed by atoms with E-state index in [-0.39, 0.29) is 18.1 Å². The van der Waals surface area contributed by atoms with Gasteiger partial charge in [-0.2, -0.15) is 0 Å². The van der Waals surface area contributed by atoms with Crippen molar-refractivity contribution < 1.29 is 22.7 Å². The van der Waals surface area contributed by atoms with E-state index in [4.69, 9.17) is 4.74 Å². The summed E-state index contributed by atoms with van der Waals surface area (Å²) in [7, 11) is -3.36. The van der Waals surface area contributed by atoms with Gasteiger partial charge in [0.05, 0.1) is 29.8 Å². The number of nitrogens with zero attached hydrogens (tertiary/aromatic N) is 1. The van der Waals surface area contributed by atoms with E-state index in [0.29, 0.717) is 36.3 Å². The third kappa shape index (κ3) is 4.17. The normalized spacial score (nSPS) is 13.6. The quantitative estimate of drug-likeness (QED) is 0.777. The number of hydrogen-bond donors (Lipinski definition) is 1. The summed E-state index contributed by atoms with van der Waals surface area (Å²) < 4.78 is 30.3. The number of carbonyl (C=O) groups is 2. The maximum absolute atomic E-state index is 12.7. The summed E-state index contributed by atoms with van der Waals surface area (Å²) in [6, 6.07) is 11.6. The van der Waals surface area contributed by atoms with Gasteiger partial charge in [-0.05, 0) is 55.7 Å². The Labute approximate surface area is 164 Å². The molecule has 8 heteroatoms. The zero-order valence-electron chi connectivity index (χ0n) is 15.8. The van der Waals surface area contributed by atoms with Crippen LogP contribution in [-0.4, -0.2) is 39.7 Å². The van der Waals surface area contributed by atoms with Gasteiger partial charge >= 0.3 is 5.97 Å². The van der Waals surface area contributed by atoms with Crippen molar-refractivity contribution in [2.24, 2.45) is 0 Å². The van der Waals surface area contributed by atoms with Crippen LogP contribution < -0.4 is 9.62 Å². The maximum Gasteiger partial charge on any atom is 0.340 e. The van der Waals surface area contributed by atoms with Gasteiger partial charge in [0.25, 0.3) is 5.91 Å². The fourth-order valence-electron chi connectivity index (χ4n) is 3.22. The van der Waals surface area contributed by atoms with Gasteiger partial charge in [-0.3, -0.25) is 9.10 Å². The molecular weight excluding hydrogens is 380 g/mol. The number of esters is 1. The average Bonchev–Trinajstić information content (AvgIpc) is 2.67. The lowest BCUT2D eigenvalue weighted by Gasteiger charge is -2.29. The van der Waals surface area contributed by atoms with Crippen LogP contribution in [0.1, 0.15) is 39.6 Å². The molecule has 1 aliphatic heterocycles. The molecule has 0 saturated carbocycles. The zero-order valence-corrected chi connectivity index (χ0v) is 16.6. The zero-order chi connectivity index (χ0) is 20.3. The van der Waals surface area contributed by atoms with Crippen molar-refractivity contribution in [2.75, 3.05) is 29.0 Å². The molecule has 0 radical (unpaired) electrons. The fourth-order valence-corrected chi connectivity index (χ4v) is 4.22. The molecule has 148 valence electrons. The van der Waals surface area contributed by atoms with Gasteiger partial charge in [0, 0.05) is 12.1 Å². The summed E-state index contributed by atoms with van der Waals surface area (Å²) >= 11 is 0. The lowest BCUT2D eigenvalue weighted by molar-refractivity contribution is 0.0527. The average molecular weight is 402 g/mol. The topological polar surface area (TPSA) is 92.8 Å². The van der Waals surface area contributed by atoms with Gasteiger partial charge in [-0.1, -0.05) is 12.1 Å². The molecule has 0 fully saturated rings. The number of rotatable bonds is 5. The molecule has 28 heavy (non-hydrogen) atoms. The highest BCUT2D eigenvalue weighted by molar-refractivity contribution is 7.92. The smallest absolute Gasteiger partial charge is 0.340 e. The van der Waals surface area contributed by atoms with E-state index in [0.717, 1.165) is 5.56 Å². The summed E-state index contributed by atoms with van der Waals surface area (Å²) in [6.07, 6.45) is 2.56. The van der Waals surface area contributed by atoms with Crippen molar-refractivity contribution in [3.05, 3.63) is 59.2 Å².